The van der Waals surface area contributed by atoms with Crippen molar-refractivity contribution in [1.29, 1.82) is 0 Å². The first-order valence-electron chi connectivity index (χ1n) is 10.9. The van der Waals surface area contributed by atoms with Gasteiger partial charge in [-0.25, -0.2) is 13.9 Å². The lowest BCUT2D eigenvalue weighted by atomic mass is 10.1. The Balaban J connectivity index is 1.96. The third kappa shape index (κ3) is 4.18. The van der Waals surface area contributed by atoms with Gasteiger partial charge in [0.1, 0.15) is 0 Å². The molecule has 1 amide bonds. The highest BCUT2D eigenvalue weighted by atomic mass is 35.5. The van der Waals surface area contributed by atoms with Crippen LogP contribution in [-0.4, -0.2) is 31.2 Å². The highest BCUT2D eigenvalue weighted by molar-refractivity contribution is 6.31. The van der Waals surface area contributed by atoms with E-state index < -0.39 is 5.69 Å². The Hall–Kier alpha value is -3.39. The number of carbonyl (C=O) groups is 1. The molecule has 0 unspecified atom stereocenters. The van der Waals surface area contributed by atoms with Crippen LogP contribution in [0.25, 0.3) is 16.7 Å². The van der Waals surface area contributed by atoms with Gasteiger partial charge < -0.3 is 5.32 Å². The first-order chi connectivity index (χ1) is 15.7. The quantitative estimate of drug-likeness (QED) is 0.470. The van der Waals surface area contributed by atoms with Gasteiger partial charge in [-0.3, -0.25) is 14.2 Å². The molecule has 0 spiro atoms. The lowest BCUT2D eigenvalue weighted by Gasteiger charge is -2.13. The lowest BCUT2D eigenvalue weighted by molar-refractivity contribution is 0.0949. The maximum Gasteiger partial charge on any atom is 0.352 e. The van der Waals surface area contributed by atoms with Crippen molar-refractivity contribution in [3.05, 3.63) is 79.5 Å². The predicted octanol–water partition coefficient (Wildman–Crippen LogP) is 3.48. The summed E-state index contributed by atoms with van der Waals surface area (Å²) in [6.07, 6.45) is 0. The largest absolute Gasteiger partial charge is 0.352 e. The Morgan fingerprint density at radius 1 is 1.09 bits per heavy atom. The molecule has 4 aromatic rings. The first-order valence-corrected chi connectivity index (χ1v) is 11.3. The van der Waals surface area contributed by atoms with Crippen LogP contribution in [0, 0.1) is 5.92 Å². The Morgan fingerprint density at radius 3 is 2.48 bits per heavy atom. The second-order valence-corrected chi connectivity index (χ2v) is 9.18. The normalized spacial score (nSPS) is 11.7. The molecule has 9 heteroatoms. The molecule has 172 valence electrons. The number of hydrogen-bond donors (Lipinski definition) is 1. The van der Waals surface area contributed by atoms with Gasteiger partial charge in [-0.1, -0.05) is 43.6 Å². The van der Waals surface area contributed by atoms with E-state index in [1.54, 1.807) is 24.3 Å². The van der Waals surface area contributed by atoms with Gasteiger partial charge in [0.2, 0.25) is 5.78 Å². The minimum atomic E-state index is -0.413. The number of halogens is 1. The summed E-state index contributed by atoms with van der Waals surface area (Å²) < 4.78 is 4.18. The molecule has 0 atom stereocenters. The number of benzene rings is 2. The molecule has 0 saturated carbocycles. The molecule has 1 N–H and O–H groups in total. The number of carbonyl (C=O) groups excluding carboxylic acids is 1. The maximum atomic E-state index is 13.4. The highest BCUT2D eigenvalue weighted by Crippen LogP contribution is 2.18. The minimum absolute atomic E-state index is 0.155. The van der Waals surface area contributed by atoms with Crippen LogP contribution < -0.4 is 16.6 Å². The smallest absolute Gasteiger partial charge is 0.352 e. The number of hydrogen-bond acceptors (Lipinski definition) is 4. The number of nitrogens with zero attached hydrogens (tertiary/aromatic N) is 4. The van der Waals surface area contributed by atoms with Crippen LogP contribution in [-0.2, 0) is 6.54 Å². The van der Waals surface area contributed by atoms with E-state index in [9.17, 15) is 14.4 Å². The van der Waals surface area contributed by atoms with Crippen molar-refractivity contribution in [2.75, 3.05) is 6.54 Å². The Kier molecular flexibility index (Phi) is 6.12. The first kappa shape index (κ1) is 22.8. The molecule has 4 rings (SSSR count). The van der Waals surface area contributed by atoms with Gasteiger partial charge in [0.15, 0.2) is 0 Å². The van der Waals surface area contributed by atoms with E-state index in [0.717, 1.165) is 5.56 Å². The fourth-order valence-corrected chi connectivity index (χ4v) is 3.97. The molecule has 0 aliphatic rings. The maximum absolute atomic E-state index is 13.4. The van der Waals surface area contributed by atoms with Crippen molar-refractivity contribution in [1.82, 2.24) is 24.1 Å². The van der Waals surface area contributed by atoms with E-state index in [0.29, 0.717) is 34.0 Å². The summed E-state index contributed by atoms with van der Waals surface area (Å²) in [7, 11) is 0. The van der Waals surface area contributed by atoms with Crippen LogP contribution in [0.4, 0.5) is 0 Å². The van der Waals surface area contributed by atoms with Gasteiger partial charge in [0.25, 0.3) is 11.5 Å². The van der Waals surface area contributed by atoms with E-state index >= 15 is 0 Å². The van der Waals surface area contributed by atoms with Crippen molar-refractivity contribution in [2.45, 2.75) is 40.3 Å². The van der Waals surface area contributed by atoms with Crippen molar-refractivity contribution in [2.24, 2.45) is 5.92 Å². The molecule has 33 heavy (non-hydrogen) atoms. The molecule has 8 nitrogen and oxygen atoms in total. The second kappa shape index (κ2) is 8.86. The fraction of sp³-hybridized carbons (Fsp3) is 0.333. The zero-order chi connectivity index (χ0) is 23.9. The molecule has 0 fully saturated rings. The average molecular weight is 468 g/mol. The number of amides is 1. The zero-order valence-electron chi connectivity index (χ0n) is 19.0. The number of rotatable bonds is 6. The molecule has 2 heterocycles. The topological polar surface area (TPSA) is 90.4 Å². The van der Waals surface area contributed by atoms with Crippen LogP contribution in [0.3, 0.4) is 0 Å². The van der Waals surface area contributed by atoms with Crippen LogP contribution in [0.15, 0.2) is 52.1 Å². The van der Waals surface area contributed by atoms with Gasteiger partial charge in [-0.05, 0) is 49.6 Å². The van der Waals surface area contributed by atoms with Gasteiger partial charge in [-0.2, -0.15) is 0 Å². The average Bonchev–Trinajstić information content (AvgIpc) is 3.08. The van der Waals surface area contributed by atoms with E-state index in [1.165, 1.54) is 13.6 Å². The van der Waals surface area contributed by atoms with Gasteiger partial charge in [-0.15, -0.1) is 5.10 Å². The van der Waals surface area contributed by atoms with Crippen LogP contribution in [0.2, 0.25) is 5.02 Å². The number of nitrogens with one attached hydrogen (secondary N) is 1. The summed E-state index contributed by atoms with van der Waals surface area (Å²) in [4.78, 5) is 39.4. The summed E-state index contributed by atoms with van der Waals surface area (Å²) in [5.41, 5.74) is 0.776. The molecule has 0 saturated heterocycles. The summed E-state index contributed by atoms with van der Waals surface area (Å²) in [6.45, 7) is 8.41. The minimum Gasteiger partial charge on any atom is -0.352 e. The molecule has 0 aliphatic carbocycles. The van der Waals surface area contributed by atoms with E-state index in [-0.39, 0.29) is 29.8 Å². The van der Waals surface area contributed by atoms with Crippen LogP contribution in [0.5, 0.6) is 0 Å². The van der Waals surface area contributed by atoms with Crippen LogP contribution >= 0.6 is 11.6 Å². The molecule has 0 bridgehead atoms. The Labute approximate surface area is 195 Å². The third-order valence-electron chi connectivity index (χ3n) is 5.45. The van der Waals surface area contributed by atoms with Gasteiger partial charge >= 0.3 is 5.69 Å². The predicted molar refractivity (Wildman–Crippen MR) is 129 cm³/mol. The van der Waals surface area contributed by atoms with Gasteiger partial charge in [0.05, 0.1) is 17.4 Å². The molecule has 0 radical (unpaired) electrons. The monoisotopic (exact) mass is 467 g/mol. The Bertz CT molecular complexity index is 1480. The van der Waals surface area contributed by atoms with Crippen molar-refractivity contribution in [3.8, 4) is 0 Å². The van der Waals surface area contributed by atoms with E-state index in [4.69, 9.17) is 11.6 Å². The highest BCUT2D eigenvalue weighted by Gasteiger charge is 2.20. The fourth-order valence-electron chi connectivity index (χ4n) is 3.78. The summed E-state index contributed by atoms with van der Waals surface area (Å²) in [5.74, 6) is 0.257. The van der Waals surface area contributed by atoms with Crippen molar-refractivity contribution in [3.63, 3.8) is 0 Å². The Morgan fingerprint density at radius 2 is 1.82 bits per heavy atom. The third-order valence-corrected chi connectivity index (χ3v) is 5.82. The van der Waals surface area contributed by atoms with Crippen molar-refractivity contribution >= 4 is 34.2 Å². The van der Waals surface area contributed by atoms with Gasteiger partial charge in [0, 0.05) is 23.2 Å². The molecule has 2 aromatic carbocycles. The van der Waals surface area contributed by atoms with E-state index in [1.807, 2.05) is 45.9 Å². The zero-order valence-corrected chi connectivity index (χ0v) is 19.8. The molecular formula is C24H26ClN5O3. The second-order valence-electron chi connectivity index (χ2n) is 8.77. The standard InChI is InChI=1S/C24H26ClN5O3/c1-14(2)12-26-21(31)16-9-10-18-20(11-16)30-23(29(15(3)4)22(18)32)27-28(24(30)33)13-17-7-5-6-8-19(17)25/h5-11,14-15H,12-13H2,1-4H3,(H,26,31). The summed E-state index contributed by atoms with van der Waals surface area (Å²) >= 11 is 6.29. The molecule has 0 aliphatic heterocycles. The lowest BCUT2D eigenvalue weighted by Crippen LogP contribution is -2.29. The SMILES string of the molecule is CC(C)CNC(=O)c1ccc2c(=O)n(C(C)C)c3nn(Cc4ccccc4Cl)c(=O)n3c2c1. The van der Waals surface area contributed by atoms with E-state index in [2.05, 4.69) is 10.4 Å². The number of fused-ring (bicyclic) bond motifs is 3. The van der Waals surface area contributed by atoms with Crippen molar-refractivity contribution < 1.29 is 4.79 Å². The number of aromatic nitrogens is 4. The summed E-state index contributed by atoms with van der Waals surface area (Å²) in [6, 6.07) is 11.8. The summed E-state index contributed by atoms with van der Waals surface area (Å²) in [5, 5.41) is 8.22. The van der Waals surface area contributed by atoms with Crippen LogP contribution in [0.1, 0.15) is 49.7 Å². The molecular weight excluding hydrogens is 442 g/mol. The molecule has 2 aromatic heterocycles.